The van der Waals surface area contributed by atoms with Crippen molar-refractivity contribution in [3.8, 4) is 0 Å². The second-order valence-electron chi connectivity index (χ2n) is 8.34. The molecule has 2 heterocycles. The van der Waals surface area contributed by atoms with Gasteiger partial charge >= 0.3 is 0 Å². The zero-order valence-corrected chi connectivity index (χ0v) is 20.7. The normalized spacial score (nSPS) is 12.1. The molecule has 2 aromatic carbocycles. The summed E-state index contributed by atoms with van der Waals surface area (Å²) in [7, 11) is -2.15. The van der Waals surface area contributed by atoms with Crippen molar-refractivity contribution in [3.05, 3.63) is 59.7 Å². The lowest BCUT2D eigenvalue weighted by Crippen LogP contribution is -2.26. The molecule has 0 saturated heterocycles. The predicted octanol–water partition coefficient (Wildman–Crippen LogP) is 3.82. The molecule has 10 heteroatoms. The molecule has 0 radical (unpaired) electrons. The monoisotopic (exact) mass is 499 g/mol. The number of aryl methyl sites for hydroxylation is 2. The van der Waals surface area contributed by atoms with Gasteiger partial charge in [-0.1, -0.05) is 31.2 Å². The van der Waals surface area contributed by atoms with Crippen LogP contribution in [-0.2, 0) is 34.1 Å². The topological polar surface area (TPSA) is 112 Å². The molecular formula is C25H30FN5O3S. The molecule has 0 saturated carbocycles. The zero-order chi connectivity index (χ0) is 25.0. The van der Waals surface area contributed by atoms with Crippen molar-refractivity contribution in [1.29, 1.82) is 0 Å². The molecule has 8 nitrogen and oxygen atoms in total. The highest BCUT2D eigenvalue weighted by atomic mass is 32.2. The number of methoxy groups -OCH3 is 1. The highest BCUT2D eigenvalue weighted by Crippen LogP contribution is 2.29. The lowest BCUT2D eigenvalue weighted by Gasteiger charge is -2.12. The van der Waals surface area contributed by atoms with Gasteiger partial charge in [0.05, 0.1) is 22.5 Å². The molecule has 3 N–H and O–H groups in total. The minimum absolute atomic E-state index is 0.00287. The molecular weight excluding hydrogens is 469 g/mol. The van der Waals surface area contributed by atoms with Crippen LogP contribution in [0.2, 0.25) is 0 Å². The number of pyridine rings is 1. The molecule has 2 aromatic heterocycles. The van der Waals surface area contributed by atoms with Gasteiger partial charge in [0.1, 0.15) is 17.2 Å². The lowest BCUT2D eigenvalue weighted by atomic mass is 10.2. The smallest absolute Gasteiger partial charge is 0.240 e. The number of benzene rings is 2. The summed E-state index contributed by atoms with van der Waals surface area (Å²) in [6.45, 7) is 3.23. The fourth-order valence-corrected chi connectivity index (χ4v) is 5.67. The SMILES string of the molecule is CCc1ccc(F)cc1S(=O)(=O)NCCCCn1c(CCOC)nc2c(N)nc3ccccc3c21. The van der Waals surface area contributed by atoms with Crippen molar-refractivity contribution in [2.24, 2.45) is 0 Å². The second-order valence-corrected chi connectivity index (χ2v) is 10.1. The predicted molar refractivity (Wildman–Crippen MR) is 135 cm³/mol. The van der Waals surface area contributed by atoms with Crippen LogP contribution in [0.3, 0.4) is 0 Å². The standard InChI is InChI=1S/C25H30FN5O3S/c1-3-17-10-11-18(26)16-21(17)35(32,33)28-13-6-7-14-31-22(12-15-34-2)30-23-24(31)19-8-4-5-9-20(19)29-25(23)27/h4-5,8-11,16,28H,3,6-7,12-15H2,1-2H3,(H2,27,29). The van der Waals surface area contributed by atoms with Crippen LogP contribution >= 0.6 is 0 Å². The molecule has 0 fully saturated rings. The molecule has 4 rings (SSSR count). The van der Waals surface area contributed by atoms with E-state index in [0.29, 0.717) is 55.7 Å². The first-order chi connectivity index (χ1) is 16.9. The summed E-state index contributed by atoms with van der Waals surface area (Å²) in [5.41, 5.74) is 9.19. The van der Waals surface area contributed by atoms with Gasteiger partial charge in [-0.05, 0) is 43.0 Å². The molecule has 0 unspecified atom stereocenters. The van der Waals surface area contributed by atoms with Crippen molar-refractivity contribution >= 4 is 37.8 Å². The van der Waals surface area contributed by atoms with Gasteiger partial charge in [0.25, 0.3) is 0 Å². The Bertz CT molecular complexity index is 1450. The third kappa shape index (κ3) is 5.29. The Morgan fingerprint density at radius 3 is 2.71 bits per heavy atom. The number of para-hydroxylation sites is 1. The van der Waals surface area contributed by atoms with E-state index in [1.54, 1.807) is 7.11 Å². The lowest BCUT2D eigenvalue weighted by molar-refractivity contribution is 0.199. The first kappa shape index (κ1) is 25.0. The molecule has 0 aliphatic carbocycles. The summed E-state index contributed by atoms with van der Waals surface area (Å²) < 4.78 is 49.2. The minimum atomic E-state index is -3.80. The number of nitrogens with one attached hydrogen (secondary N) is 1. The number of rotatable bonds is 11. The van der Waals surface area contributed by atoms with Gasteiger partial charge in [-0.2, -0.15) is 0 Å². The molecule has 0 amide bonds. The zero-order valence-electron chi connectivity index (χ0n) is 19.9. The molecule has 0 bridgehead atoms. The van der Waals surface area contributed by atoms with E-state index >= 15 is 0 Å². The average Bonchev–Trinajstić information content (AvgIpc) is 3.21. The van der Waals surface area contributed by atoms with Crippen molar-refractivity contribution in [2.75, 3.05) is 26.0 Å². The number of ether oxygens (including phenoxy) is 1. The Hall–Kier alpha value is -3.08. The van der Waals surface area contributed by atoms with Crippen molar-refractivity contribution < 1.29 is 17.5 Å². The second kappa shape index (κ2) is 10.7. The van der Waals surface area contributed by atoms with Gasteiger partial charge < -0.3 is 15.0 Å². The van der Waals surface area contributed by atoms with Gasteiger partial charge in [0, 0.05) is 32.0 Å². The molecule has 186 valence electrons. The molecule has 0 aliphatic heterocycles. The van der Waals surface area contributed by atoms with Crippen molar-refractivity contribution in [2.45, 2.75) is 44.0 Å². The van der Waals surface area contributed by atoms with Crippen LogP contribution in [0.25, 0.3) is 21.9 Å². The quantitative estimate of drug-likeness (QED) is 0.304. The minimum Gasteiger partial charge on any atom is -0.384 e. The van der Waals surface area contributed by atoms with Crippen molar-refractivity contribution in [3.63, 3.8) is 0 Å². The maximum absolute atomic E-state index is 13.7. The van der Waals surface area contributed by atoms with Crippen molar-refractivity contribution in [1.82, 2.24) is 19.3 Å². The van der Waals surface area contributed by atoms with Gasteiger partial charge in [-0.25, -0.2) is 27.5 Å². The number of nitrogen functional groups attached to an aromatic ring is 1. The summed E-state index contributed by atoms with van der Waals surface area (Å²) in [5, 5.41) is 0.965. The summed E-state index contributed by atoms with van der Waals surface area (Å²) in [6.07, 6.45) is 2.41. The van der Waals surface area contributed by atoms with Crippen LogP contribution in [0, 0.1) is 5.82 Å². The fraction of sp³-hybridized carbons (Fsp3) is 0.360. The fourth-order valence-electron chi connectivity index (χ4n) is 4.28. The molecule has 0 aliphatic rings. The summed E-state index contributed by atoms with van der Waals surface area (Å²) in [6, 6.07) is 11.7. The Morgan fingerprint density at radius 1 is 1.14 bits per heavy atom. The molecule has 0 spiro atoms. The number of unbranched alkanes of at least 4 members (excludes halogenated alkanes) is 1. The summed E-state index contributed by atoms with van der Waals surface area (Å²) >= 11 is 0. The molecule has 35 heavy (non-hydrogen) atoms. The average molecular weight is 500 g/mol. The van der Waals surface area contributed by atoms with E-state index in [1.165, 1.54) is 12.1 Å². The maximum Gasteiger partial charge on any atom is 0.240 e. The Morgan fingerprint density at radius 2 is 1.94 bits per heavy atom. The molecule has 0 atom stereocenters. The van der Waals surface area contributed by atoms with Gasteiger partial charge in [-0.15, -0.1) is 0 Å². The number of hydrogen-bond donors (Lipinski definition) is 2. The van der Waals surface area contributed by atoms with E-state index in [-0.39, 0.29) is 11.4 Å². The van der Waals surface area contributed by atoms with Crippen LogP contribution in [0.5, 0.6) is 0 Å². The van der Waals surface area contributed by atoms with Gasteiger partial charge in [-0.3, -0.25) is 0 Å². The molecule has 4 aromatic rings. The summed E-state index contributed by atoms with van der Waals surface area (Å²) in [4.78, 5) is 9.24. The number of sulfonamides is 1. The largest absolute Gasteiger partial charge is 0.384 e. The van der Waals surface area contributed by atoms with Crippen LogP contribution in [0.4, 0.5) is 10.2 Å². The van der Waals surface area contributed by atoms with E-state index in [9.17, 15) is 12.8 Å². The maximum atomic E-state index is 13.7. The number of imidazole rings is 1. The van der Waals surface area contributed by atoms with E-state index in [2.05, 4.69) is 14.3 Å². The highest BCUT2D eigenvalue weighted by Gasteiger charge is 2.19. The van der Waals surface area contributed by atoms with E-state index < -0.39 is 15.8 Å². The van der Waals surface area contributed by atoms with E-state index in [1.807, 2.05) is 31.2 Å². The Labute approximate surface area is 204 Å². The number of halogens is 1. The van der Waals surface area contributed by atoms with Gasteiger partial charge in [0.15, 0.2) is 5.82 Å². The third-order valence-electron chi connectivity index (χ3n) is 6.02. The number of nitrogens with zero attached hydrogens (tertiary/aromatic N) is 3. The Kier molecular flexibility index (Phi) is 7.63. The summed E-state index contributed by atoms with van der Waals surface area (Å²) in [5.74, 6) is 0.657. The highest BCUT2D eigenvalue weighted by molar-refractivity contribution is 7.89. The van der Waals surface area contributed by atoms with Crippen LogP contribution < -0.4 is 10.5 Å². The third-order valence-corrected chi connectivity index (χ3v) is 7.56. The number of hydrogen-bond acceptors (Lipinski definition) is 6. The van der Waals surface area contributed by atoms with Crippen LogP contribution in [-0.4, -0.2) is 43.2 Å². The van der Waals surface area contributed by atoms with E-state index in [0.717, 1.165) is 28.3 Å². The van der Waals surface area contributed by atoms with Crippen LogP contribution in [0.1, 0.15) is 31.2 Å². The number of aromatic nitrogens is 3. The van der Waals surface area contributed by atoms with Gasteiger partial charge in [0.2, 0.25) is 10.0 Å². The first-order valence-corrected chi connectivity index (χ1v) is 13.1. The first-order valence-electron chi connectivity index (χ1n) is 11.7. The van der Waals surface area contributed by atoms with E-state index in [4.69, 9.17) is 15.5 Å². The van der Waals surface area contributed by atoms with Crippen LogP contribution in [0.15, 0.2) is 47.4 Å². The number of anilines is 1. The number of nitrogens with two attached hydrogens (primary N) is 1. The Balaban J connectivity index is 1.52. The number of fused-ring (bicyclic) bond motifs is 3.